The molecule has 2 heterocycles. The zero-order valence-corrected chi connectivity index (χ0v) is 11.9. The normalized spacial score (nSPS) is 10.7. The molecule has 0 N–H and O–H groups in total. The van der Waals surface area contributed by atoms with Gasteiger partial charge in [0.25, 0.3) is 0 Å². The minimum atomic E-state index is 0.655. The molecule has 0 fully saturated rings. The number of hydrogen-bond donors (Lipinski definition) is 0. The van der Waals surface area contributed by atoms with E-state index >= 15 is 0 Å². The number of aryl methyl sites for hydroxylation is 1. The molecule has 18 heavy (non-hydrogen) atoms. The highest BCUT2D eigenvalue weighted by molar-refractivity contribution is 9.10. The lowest BCUT2D eigenvalue weighted by Gasteiger charge is -2.00. The van der Waals surface area contributed by atoms with Gasteiger partial charge in [0.05, 0.1) is 27.5 Å². The lowest BCUT2D eigenvalue weighted by molar-refractivity contribution is 0.962. The Labute approximate surface area is 116 Å². The Hall–Kier alpha value is -1.64. The van der Waals surface area contributed by atoms with Crippen LogP contribution in [0, 0.1) is 11.3 Å². The second-order valence-corrected chi connectivity index (χ2v) is 5.68. The van der Waals surface area contributed by atoms with E-state index in [9.17, 15) is 0 Å². The fourth-order valence-electron chi connectivity index (χ4n) is 1.92. The average Bonchev–Trinajstić information content (AvgIpc) is 2.93. The summed E-state index contributed by atoms with van der Waals surface area (Å²) in [5, 5.41) is 11.0. The summed E-state index contributed by atoms with van der Waals surface area (Å²) in [5.41, 5.74) is 2.54. The maximum Gasteiger partial charge on any atom is 0.152 e. The molecule has 0 atom stereocenters. The van der Waals surface area contributed by atoms with Crippen LogP contribution in [0.4, 0.5) is 0 Å². The second-order valence-electron chi connectivity index (χ2n) is 3.91. The summed E-state index contributed by atoms with van der Waals surface area (Å²) in [5.74, 6) is 0.918. The number of thiophene rings is 1. The predicted octanol–water partition coefficient (Wildman–Crippen LogP) is 3.94. The van der Waals surface area contributed by atoms with Gasteiger partial charge in [-0.3, -0.25) is 0 Å². The molecule has 3 rings (SSSR count). The summed E-state index contributed by atoms with van der Waals surface area (Å²) < 4.78 is 3.07. The van der Waals surface area contributed by atoms with Crippen LogP contribution < -0.4 is 0 Å². The van der Waals surface area contributed by atoms with Crippen LogP contribution in [0.3, 0.4) is 0 Å². The van der Waals surface area contributed by atoms with Crippen LogP contribution in [-0.4, -0.2) is 9.55 Å². The molecule has 5 heteroatoms. The summed E-state index contributed by atoms with van der Waals surface area (Å²) in [6.45, 7) is 0. The number of halogens is 1. The van der Waals surface area contributed by atoms with E-state index in [1.807, 2.05) is 35.2 Å². The minimum absolute atomic E-state index is 0.655. The van der Waals surface area contributed by atoms with Crippen molar-refractivity contribution < 1.29 is 0 Å². The first kappa shape index (κ1) is 11.5. The first-order valence-corrected chi connectivity index (χ1v) is 6.98. The Morgan fingerprint density at radius 2 is 2.22 bits per heavy atom. The largest absolute Gasteiger partial charge is 0.326 e. The fourth-order valence-corrected chi connectivity index (χ4v) is 3.49. The molecule has 0 bridgehead atoms. The van der Waals surface area contributed by atoms with E-state index in [0.29, 0.717) is 5.56 Å². The van der Waals surface area contributed by atoms with E-state index in [4.69, 9.17) is 5.26 Å². The molecule has 1 aromatic carbocycles. The Morgan fingerprint density at radius 3 is 2.89 bits per heavy atom. The van der Waals surface area contributed by atoms with Gasteiger partial charge in [-0.15, -0.1) is 11.3 Å². The molecule has 3 aromatic rings. The topological polar surface area (TPSA) is 41.6 Å². The minimum Gasteiger partial charge on any atom is -0.326 e. The van der Waals surface area contributed by atoms with E-state index in [2.05, 4.69) is 27.0 Å². The van der Waals surface area contributed by atoms with Gasteiger partial charge in [0.15, 0.2) is 5.82 Å². The quantitative estimate of drug-likeness (QED) is 0.682. The molecule has 0 saturated heterocycles. The van der Waals surface area contributed by atoms with Gasteiger partial charge in [-0.25, -0.2) is 4.98 Å². The van der Waals surface area contributed by atoms with Crippen LogP contribution in [0.5, 0.6) is 0 Å². The van der Waals surface area contributed by atoms with Crippen LogP contribution in [0.25, 0.3) is 21.7 Å². The van der Waals surface area contributed by atoms with Gasteiger partial charge < -0.3 is 4.57 Å². The number of rotatable bonds is 1. The number of nitriles is 1. The van der Waals surface area contributed by atoms with E-state index in [0.717, 1.165) is 26.2 Å². The van der Waals surface area contributed by atoms with Gasteiger partial charge in [-0.05, 0) is 45.6 Å². The first-order chi connectivity index (χ1) is 8.70. The Morgan fingerprint density at radius 1 is 1.39 bits per heavy atom. The zero-order chi connectivity index (χ0) is 12.7. The van der Waals surface area contributed by atoms with Crippen molar-refractivity contribution in [3.8, 4) is 16.8 Å². The van der Waals surface area contributed by atoms with E-state index in [1.165, 1.54) is 0 Å². The monoisotopic (exact) mass is 317 g/mol. The van der Waals surface area contributed by atoms with E-state index in [-0.39, 0.29) is 0 Å². The number of imidazole rings is 1. The van der Waals surface area contributed by atoms with E-state index < -0.39 is 0 Å². The highest BCUT2D eigenvalue weighted by Crippen LogP contribution is 2.34. The summed E-state index contributed by atoms with van der Waals surface area (Å²) in [6.07, 6.45) is 0. The molecule has 0 spiro atoms. The van der Waals surface area contributed by atoms with Crippen molar-refractivity contribution in [3.05, 3.63) is 39.7 Å². The van der Waals surface area contributed by atoms with Crippen LogP contribution in [0.2, 0.25) is 0 Å². The highest BCUT2D eigenvalue weighted by Gasteiger charge is 2.13. The van der Waals surface area contributed by atoms with Gasteiger partial charge >= 0.3 is 0 Å². The van der Waals surface area contributed by atoms with Crippen molar-refractivity contribution in [2.45, 2.75) is 0 Å². The molecular formula is C13H8BrN3S. The smallest absolute Gasteiger partial charge is 0.152 e. The molecule has 0 unspecified atom stereocenters. The molecule has 88 valence electrons. The average molecular weight is 318 g/mol. The van der Waals surface area contributed by atoms with Crippen LogP contribution >= 0.6 is 27.3 Å². The number of benzene rings is 1. The maximum atomic E-state index is 8.94. The zero-order valence-electron chi connectivity index (χ0n) is 9.51. The molecule has 0 radical (unpaired) electrons. The molecule has 3 nitrogen and oxygen atoms in total. The lowest BCUT2D eigenvalue weighted by atomic mass is 10.2. The molecule has 0 aliphatic rings. The Balaban J connectivity index is 2.30. The summed E-state index contributed by atoms with van der Waals surface area (Å²) >= 11 is 5.17. The first-order valence-electron chi connectivity index (χ1n) is 5.30. The third-order valence-corrected chi connectivity index (χ3v) is 4.66. The molecule has 0 aliphatic carbocycles. The van der Waals surface area contributed by atoms with Crippen molar-refractivity contribution in [1.29, 1.82) is 5.26 Å². The molecular weight excluding hydrogens is 310 g/mol. The van der Waals surface area contributed by atoms with Crippen LogP contribution in [0.15, 0.2) is 34.1 Å². The summed E-state index contributed by atoms with van der Waals surface area (Å²) in [7, 11) is 1.97. The van der Waals surface area contributed by atoms with Crippen LogP contribution in [-0.2, 0) is 7.05 Å². The van der Waals surface area contributed by atoms with Crippen molar-refractivity contribution >= 4 is 38.3 Å². The van der Waals surface area contributed by atoms with E-state index in [1.54, 1.807) is 17.4 Å². The standard InChI is InChI=1S/C13H8BrN3S/c1-17-11-6-8(7-15)2-3-10(11)16-13(17)12-9(14)4-5-18-12/h2-6H,1H3. The van der Waals surface area contributed by atoms with Crippen molar-refractivity contribution in [1.82, 2.24) is 9.55 Å². The van der Waals surface area contributed by atoms with Gasteiger partial charge in [0.2, 0.25) is 0 Å². The van der Waals surface area contributed by atoms with Crippen molar-refractivity contribution in [2.75, 3.05) is 0 Å². The summed E-state index contributed by atoms with van der Waals surface area (Å²) in [6, 6.07) is 9.72. The molecule has 0 amide bonds. The van der Waals surface area contributed by atoms with Crippen LogP contribution in [0.1, 0.15) is 5.56 Å². The number of hydrogen-bond acceptors (Lipinski definition) is 3. The number of fused-ring (bicyclic) bond motifs is 1. The highest BCUT2D eigenvalue weighted by atomic mass is 79.9. The number of aromatic nitrogens is 2. The molecule has 2 aromatic heterocycles. The Kier molecular flexibility index (Phi) is 2.69. The maximum absolute atomic E-state index is 8.94. The van der Waals surface area contributed by atoms with Gasteiger partial charge in [0.1, 0.15) is 0 Å². The van der Waals surface area contributed by atoms with Gasteiger partial charge in [-0.1, -0.05) is 0 Å². The lowest BCUT2D eigenvalue weighted by Crippen LogP contribution is -1.91. The summed E-state index contributed by atoms with van der Waals surface area (Å²) in [4.78, 5) is 5.73. The van der Waals surface area contributed by atoms with Crippen molar-refractivity contribution in [2.24, 2.45) is 7.05 Å². The number of nitrogens with zero attached hydrogens (tertiary/aromatic N) is 3. The van der Waals surface area contributed by atoms with Crippen molar-refractivity contribution in [3.63, 3.8) is 0 Å². The Bertz CT molecular complexity index is 779. The van der Waals surface area contributed by atoms with Gasteiger partial charge in [-0.2, -0.15) is 5.26 Å². The fraction of sp³-hybridized carbons (Fsp3) is 0.0769. The third kappa shape index (κ3) is 1.65. The SMILES string of the molecule is Cn1c(-c2sccc2Br)nc2ccc(C#N)cc21. The second kappa shape index (κ2) is 4.23. The molecule has 0 saturated carbocycles. The molecule has 0 aliphatic heterocycles. The van der Waals surface area contributed by atoms with Gasteiger partial charge in [0, 0.05) is 11.5 Å². The predicted molar refractivity (Wildman–Crippen MR) is 76.4 cm³/mol. The third-order valence-electron chi connectivity index (χ3n) is 2.83.